The van der Waals surface area contributed by atoms with Crippen LogP contribution >= 0.6 is 0 Å². The molecule has 0 bridgehead atoms. The van der Waals surface area contributed by atoms with Crippen molar-refractivity contribution in [1.82, 2.24) is 14.5 Å². The highest BCUT2D eigenvalue weighted by Crippen LogP contribution is 2.49. The van der Waals surface area contributed by atoms with Crippen molar-refractivity contribution in [3.05, 3.63) is 175 Å². The van der Waals surface area contributed by atoms with Gasteiger partial charge >= 0.3 is 0 Å². The number of ether oxygens (including phenoxy) is 2. The molecule has 0 spiro atoms. The van der Waals surface area contributed by atoms with Crippen LogP contribution in [0.2, 0.25) is 0 Å². The lowest BCUT2D eigenvalue weighted by Crippen LogP contribution is -2.36. The lowest BCUT2D eigenvalue weighted by atomic mass is 10.0. The highest BCUT2D eigenvalue weighted by molar-refractivity contribution is 5.98. The molecule has 1 aliphatic heterocycles. The van der Waals surface area contributed by atoms with E-state index < -0.39 is 0 Å². The van der Waals surface area contributed by atoms with Gasteiger partial charge in [-0.05, 0) is 66.2 Å². The maximum atomic E-state index is 5.60. The zero-order valence-electron chi connectivity index (χ0n) is 30.9. The molecule has 0 N–H and O–H groups in total. The Balaban J connectivity index is 1.32. The van der Waals surface area contributed by atoms with Crippen molar-refractivity contribution in [3.8, 4) is 45.3 Å². The number of nitrogens with zero attached hydrogens (tertiary/aromatic N) is 5. The van der Waals surface area contributed by atoms with Gasteiger partial charge in [0, 0.05) is 46.0 Å². The number of rotatable bonds is 9. The fourth-order valence-electron chi connectivity index (χ4n) is 7.63. The average molecular weight is 718 g/mol. The number of anilines is 4. The van der Waals surface area contributed by atoms with E-state index in [2.05, 4.69) is 137 Å². The van der Waals surface area contributed by atoms with Gasteiger partial charge in [0.05, 0.1) is 31.3 Å². The summed E-state index contributed by atoms with van der Waals surface area (Å²) in [5.41, 5.74) is 10.1. The zero-order chi connectivity index (χ0) is 37.3. The molecule has 7 heteroatoms. The lowest BCUT2D eigenvalue weighted by molar-refractivity contribution is 0.415. The molecule has 0 aliphatic carbocycles. The summed E-state index contributed by atoms with van der Waals surface area (Å²) in [5, 5.41) is 1.18. The van der Waals surface area contributed by atoms with Crippen molar-refractivity contribution >= 4 is 40.0 Å². The van der Waals surface area contributed by atoms with Crippen LogP contribution in [0, 0.1) is 0 Å². The van der Waals surface area contributed by atoms with Gasteiger partial charge in [0.25, 0.3) is 0 Å². The van der Waals surface area contributed by atoms with Gasteiger partial charge < -0.3 is 14.0 Å². The predicted octanol–water partition coefficient (Wildman–Crippen LogP) is 11.3. The van der Waals surface area contributed by atoms with Gasteiger partial charge in [0.1, 0.15) is 17.7 Å². The Morgan fingerprint density at radius 3 is 1.42 bits per heavy atom. The molecule has 7 nitrogen and oxygen atoms in total. The summed E-state index contributed by atoms with van der Waals surface area (Å²) in [6.45, 7) is 0. The summed E-state index contributed by atoms with van der Waals surface area (Å²) in [5.74, 6) is 3.05. The van der Waals surface area contributed by atoms with E-state index in [0.717, 1.165) is 79.4 Å². The number of methoxy groups -OCH3 is 2. The van der Waals surface area contributed by atoms with E-state index in [1.165, 1.54) is 5.39 Å². The molecule has 9 rings (SSSR count). The van der Waals surface area contributed by atoms with Crippen LogP contribution in [0.5, 0.6) is 11.5 Å². The highest BCUT2D eigenvalue weighted by Gasteiger charge is 2.40. The van der Waals surface area contributed by atoms with Gasteiger partial charge in [-0.15, -0.1) is 0 Å². The second-order valence-corrected chi connectivity index (χ2v) is 13.4. The summed E-state index contributed by atoms with van der Waals surface area (Å²) in [6.07, 6.45) is 4.18. The predicted molar refractivity (Wildman–Crippen MR) is 224 cm³/mol. The van der Waals surface area contributed by atoms with Gasteiger partial charge in [-0.25, -0.2) is 9.97 Å². The Morgan fingerprint density at radius 1 is 0.509 bits per heavy atom. The van der Waals surface area contributed by atoms with E-state index >= 15 is 0 Å². The second kappa shape index (κ2) is 14.4. The van der Waals surface area contributed by atoms with E-state index in [1.54, 1.807) is 14.2 Å². The van der Waals surface area contributed by atoms with E-state index in [0.29, 0.717) is 0 Å². The van der Waals surface area contributed by atoms with E-state index in [1.807, 2.05) is 60.7 Å². The van der Waals surface area contributed by atoms with Gasteiger partial charge in [-0.2, -0.15) is 0 Å². The molecular weight excluding hydrogens is 679 g/mol. The van der Waals surface area contributed by atoms with Crippen molar-refractivity contribution in [2.45, 2.75) is 6.17 Å². The van der Waals surface area contributed by atoms with Gasteiger partial charge in [-0.3, -0.25) is 9.80 Å². The first-order valence-electron chi connectivity index (χ1n) is 18.3. The van der Waals surface area contributed by atoms with Crippen LogP contribution in [0.3, 0.4) is 0 Å². The number of hydrogen-bond acceptors (Lipinski definition) is 6. The Morgan fingerprint density at radius 2 is 0.945 bits per heavy atom. The lowest BCUT2D eigenvalue weighted by Gasteiger charge is -2.30. The third-order valence-corrected chi connectivity index (χ3v) is 10.3. The minimum absolute atomic E-state index is 0.367. The van der Waals surface area contributed by atoms with Crippen LogP contribution in [0.1, 0.15) is 5.56 Å². The second-order valence-electron chi connectivity index (χ2n) is 13.4. The molecule has 2 aromatic heterocycles. The zero-order valence-corrected chi connectivity index (χ0v) is 30.9. The molecule has 55 heavy (non-hydrogen) atoms. The average Bonchev–Trinajstić information content (AvgIpc) is 3.73. The molecule has 0 amide bonds. The van der Waals surface area contributed by atoms with Crippen molar-refractivity contribution in [2.75, 3.05) is 24.0 Å². The topological polar surface area (TPSA) is 55.6 Å². The Hall–Kier alpha value is -7.12. The molecular formula is C48H39N5O2. The minimum Gasteiger partial charge on any atom is -0.497 e. The minimum atomic E-state index is -0.367. The maximum Gasteiger partial charge on any atom is 0.179 e. The van der Waals surface area contributed by atoms with Crippen LogP contribution in [-0.2, 0) is 7.05 Å². The molecule has 1 aliphatic rings. The van der Waals surface area contributed by atoms with Crippen molar-refractivity contribution < 1.29 is 9.47 Å². The number of benzene rings is 6. The van der Waals surface area contributed by atoms with Crippen LogP contribution in [0.4, 0.5) is 23.0 Å². The van der Waals surface area contributed by atoms with Crippen molar-refractivity contribution in [3.63, 3.8) is 0 Å². The molecule has 0 saturated heterocycles. The molecule has 8 aromatic rings. The summed E-state index contributed by atoms with van der Waals surface area (Å²) in [7, 11) is 5.52. The van der Waals surface area contributed by atoms with Gasteiger partial charge in [0.15, 0.2) is 11.6 Å². The van der Waals surface area contributed by atoms with Crippen molar-refractivity contribution in [2.24, 2.45) is 7.05 Å². The normalized spacial score (nSPS) is 12.8. The molecule has 6 aromatic carbocycles. The monoisotopic (exact) mass is 717 g/mol. The third kappa shape index (κ3) is 6.05. The summed E-state index contributed by atoms with van der Waals surface area (Å²) < 4.78 is 13.5. The number of hydrogen-bond donors (Lipinski definition) is 0. The van der Waals surface area contributed by atoms with Crippen LogP contribution < -0.4 is 19.3 Å². The fourth-order valence-corrected chi connectivity index (χ4v) is 7.63. The van der Waals surface area contributed by atoms with Crippen LogP contribution in [0.15, 0.2) is 170 Å². The molecule has 268 valence electrons. The third-order valence-electron chi connectivity index (χ3n) is 10.3. The van der Waals surface area contributed by atoms with E-state index in [4.69, 9.17) is 19.4 Å². The standard InChI is InChI=1S/C48H39N5O2/c1-51-42-22-14-13-21-40(42)41(46(51)35-19-11-6-12-20-35)31-32-43-52(36-23-27-38(54-2)28-24-36)47-48(53(43)37-25-29-39(55-3)30-26-37)50-45(34-17-9-5-10-18-34)44(49-47)33-15-7-4-8-16-33/h4-32,43H,1-3H3/b32-31+. The number of fused-ring (bicyclic) bond motifs is 2. The highest BCUT2D eigenvalue weighted by atomic mass is 16.5. The number of aromatic nitrogens is 3. The van der Waals surface area contributed by atoms with E-state index in [9.17, 15) is 0 Å². The fraction of sp³-hybridized carbons (Fsp3) is 0.0833. The SMILES string of the molecule is COc1ccc(N2c3nc(-c4ccccc4)c(-c4ccccc4)nc3N(c3ccc(OC)cc3)C2/C=C/c2c(-c3ccccc3)n(C)c3ccccc23)cc1. The summed E-state index contributed by atoms with van der Waals surface area (Å²) in [4.78, 5) is 15.7. The molecule has 0 unspecified atom stereocenters. The number of aryl methyl sites for hydroxylation is 1. The molecule has 3 heterocycles. The molecule has 0 radical (unpaired) electrons. The first kappa shape index (κ1) is 33.7. The Bertz CT molecular complexity index is 2500. The molecule has 0 saturated carbocycles. The van der Waals surface area contributed by atoms with Gasteiger partial charge in [-0.1, -0.05) is 115 Å². The largest absolute Gasteiger partial charge is 0.497 e. The quantitative estimate of drug-likeness (QED) is 0.148. The summed E-state index contributed by atoms with van der Waals surface area (Å²) >= 11 is 0. The first-order chi connectivity index (χ1) is 27.1. The Labute approximate surface area is 321 Å². The van der Waals surface area contributed by atoms with Crippen molar-refractivity contribution in [1.29, 1.82) is 0 Å². The van der Waals surface area contributed by atoms with E-state index in [-0.39, 0.29) is 6.17 Å². The van der Waals surface area contributed by atoms with Crippen LogP contribution in [0.25, 0.3) is 50.8 Å². The van der Waals surface area contributed by atoms with Crippen LogP contribution in [-0.4, -0.2) is 34.9 Å². The maximum absolute atomic E-state index is 5.60. The van der Waals surface area contributed by atoms with Gasteiger partial charge in [0.2, 0.25) is 0 Å². The Kier molecular flexibility index (Phi) is 8.80. The molecule has 0 fully saturated rings. The number of para-hydroxylation sites is 1. The smallest absolute Gasteiger partial charge is 0.179 e. The summed E-state index contributed by atoms with van der Waals surface area (Å²) in [6, 6.07) is 56.1. The first-order valence-corrected chi connectivity index (χ1v) is 18.3. The molecule has 0 atom stereocenters.